The highest BCUT2D eigenvalue weighted by Gasteiger charge is 2.20. The molecule has 0 amide bonds. The average molecular weight is 447 g/mol. The maximum atomic E-state index is 14.4. The van der Waals surface area contributed by atoms with Gasteiger partial charge in [0.2, 0.25) is 21.5 Å². The zero-order chi connectivity index (χ0) is 22.9. The van der Waals surface area contributed by atoms with Crippen LogP contribution in [0.15, 0.2) is 35.3 Å². The van der Waals surface area contributed by atoms with Crippen molar-refractivity contribution in [2.45, 2.75) is 32.9 Å². The number of pyridine rings is 1. The van der Waals surface area contributed by atoms with Gasteiger partial charge in [0.1, 0.15) is 0 Å². The highest BCUT2D eigenvalue weighted by Crippen LogP contribution is 2.29. The first-order valence-corrected chi connectivity index (χ1v) is 10.9. The Bertz CT molecular complexity index is 1280. The van der Waals surface area contributed by atoms with E-state index in [0.29, 0.717) is 16.7 Å². The highest BCUT2D eigenvalue weighted by atomic mass is 32.2. The molecule has 9 nitrogen and oxygen atoms in total. The van der Waals surface area contributed by atoms with E-state index in [0.717, 1.165) is 0 Å². The molecule has 0 atom stereocenters. The number of rotatable bonds is 6. The number of anilines is 1. The van der Waals surface area contributed by atoms with Crippen LogP contribution in [-0.4, -0.2) is 33.2 Å². The molecule has 164 valence electrons. The molecule has 0 bridgehead atoms. The van der Waals surface area contributed by atoms with Crippen LogP contribution in [0.25, 0.3) is 11.4 Å². The van der Waals surface area contributed by atoms with E-state index in [9.17, 15) is 17.6 Å². The lowest BCUT2D eigenvalue weighted by Crippen LogP contribution is -2.24. The van der Waals surface area contributed by atoms with Gasteiger partial charge in [0, 0.05) is 24.9 Å². The minimum absolute atomic E-state index is 0.0484. The molecule has 0 spiro atoms. The van der Waals surface area contributed by atoms with Crippen molar-refractivity contribution < 1.29 is 17.5 Å². The van der Waals surface area contributed by atoms with E-state index in [1.54, 1.807) is 27.0 Å². The third-order valence-corrected chi connectivity index (χ3v) is 6.09. The summed E-state index contributed by atoms with van der Waals surface area (Å²) in [5.41, 5.74) is 1.41. The monoisotopic (exact) mass is 447 g/mol. The third-order valence-electron chi connectivity index (χ3n) is 4.38. The predicted molar refractivity (Wildman–Crippen MR) is 114 cm³/mol. The summed E-state index contributed by atoms with van der Waals surface area (Å²) in [5, 5.41) is -0.744. The number of halogens is 1. The summed E-state index contributed by atoms with van der Waals surface area (Å²) in [5.74, 6) is -0.924. The van der Waals surface area contributed by atoms with Crippen LogP contribution in [0, 0.1) is 19.7 Å². The normalized spacial score (nSPS) is 11.6. The Labute approximate surface area is 179 Å². The molecule has 31 heavy (non-hydrogen) atoms. The van der Waals surface area contributed by atoms with E-state index in [1.165, 1.54) is 42.8 Å². The van der Waals surface area contributed by atoms with Gasteiger partial charge in [-0.1, -0.05) is 6.07 Å². The van der Waals surface area contributed by atoms with Crippen molar-refractivity contribution in [2.75, 3.05) is 4.72 Å². The number of ether oxygens (including phenoxy) is 1. The summed E-state index contributed by atoms with van der Waals surface area (Å²) < 4.78 is 48.3. The van der Waals surface area contributed by atoms with Crippen LogP contribution in [-0.2, 0) is 17.1 Å². The fourth-order valence-corrected chi connectivity index (χ4v) is 3.25. The second kappa shape index (κ2) is 8.42. The Morgan fingerprint density at radius 3 is 2.45 bits per heavy atom. The second-order valence-corrected chi connectivity index (χ2v) is 9.56. The lowest BCUT2D eigenvalue weighted by atomic mass is 10.1. The molecule has 0 saturated heterocycles. The number of aryl methyl sites for hydroxylation is 3. The first-order chi connectivity index (χ1) is 14.5. The van der Waals surface area contributed by atoms with Crippen LogP contribution in [0.1, 0.15) is 25.0 Å². The van der Waals surface area contributed by atoms with Crippen molar-refractivity contribution in [3.05, 3.63) is 57.8 Å². The molecule has 0 saturated carbocycles. The number of nitrogens with one attached hydrogen (secondary N) is 1. The molecule has 3 aromatic rings. The lowest BCUT2D eigenvalue weighted by molar-refractivity contribution is 0.407. The lowest BCUT2D eigenvalue weighted by Gasteiger charge is -2.13. The first-order valence-electron chi connectivity index (χ1n) is 9.35. The number of hydrogen-bond donors (Lipinski definition) is 1. The summed E-state index contributed by atoms with van der Waals surface area (Å²) in [6.45, 7) is 6.42. The molecule has 3 rings (SSSR count). The van der Waals surface area contributed by atoms with Gasteiger partial charge in [-0.15, -0.1) is 0 Å². The molecule has 0 aliphatic heterocycles. The summed E-state index contributed by atoms with van der Waals surface area (Å²) >= 11 is 0. The second-order valence-electron chi connectivity index (χ2n) is 7.32. The topological polar surface area (TPSA) is 116 Å². The van der Waals surface area contributed by atoms with Crippen LogP contribution in [0.4, 0.5) is 10.3 Å². The van der Waals surface area contributed by atoms with Gasteiger partial charge in [0.25, 0.3) is 0 Å². The fourth-order valence-electron chi connectivity index (χ4n) is 2.67. The van der Waals surface area contributed by atoms with E-state index in [2.05, 4.69) is 19.7 Å². The number of benzene rings is 1. The van der Waals surface area contributed by atoms with Crippen molar-refractivity contribution in [3.63, 3.8) is 0 Å². The minimum atomic E-state index is -3.76. The van der Waals surface area contributed by atoms with Gasteiger partial charge in [-0.2, -0.15) is 15.0 Å². The van der Waals surface area contributed by atoms with E-state index in [1.807, 2.05) is 0 Å². The highest BCUT2D eigenvalue weighted by molar-refractivity contribution is 7.93. The Kier molecular flexibility index (Phi) is 6.07. The zero-order valence-electron chi connectivity index (χ0n) is 17.7. The molecular formula is C20H22FN5O4S. The summed E-state index contributed by atoms with van der Waals surface area (Å²) in [4.78, 5) is 24.0. The Hall–Kier alpha value is -3.34. The molecule has 0 aliphatic rings. The number of sulfonamides is 1. The third kappa shape index (κ3) is 5.05. The molecule has 0 fully saturated rings. The van der Waals surface area contributed by atoms with Crippen molar-refractivity contribution in [2.24, 2.45) is 7.05 Å². The van der Waals surface area contributed by atoms with Crippen LogP contribution >= 0.6 is 0 Å². The standard InChI is InChI=1S/C20H22FN5O4S/c1-11(2)31(28,29)25-19-22-18(14-6-7-16(27)26(5)10-14)23-20(24-19)30-17-13(4)8-12(3)9-15(17)21/h6-11H,1-5H3,(H,22,23,24,25). The molecule has 11 heteroatoms. The van der Waals surface area contributed by atoms with Crippen LogP contribution < -0.4 is 15.0 Å². The van der Waals surface area contributed by atoms with Gasteiger partial charge in [0.05, 0.1) is 5.25 Å². The largest absolute Gasteiger partial charge is 0.421 e. The maximum Gasteiger partial charge on any atom is 0.327 e. The minimum Gasteiger partial charge on any atom is -0.421 e. The molecule has 1 aromatic carbocycles. The predicted octanol–water partition coefficient (Wildman–Crippen LogP) is 2.94. The van der Waals surface area contributed by atoms with Gasteiger partial charge in [0.15, 0.2) is 17.4 Å². The first kappa shape index (κ1) is 22.3. The Morgan fingerprint density at radius 2 is 1.84 bits per heavy atom. The SMILES string of the molecule is Cc1cc(C)c(Oc2nc(NS(=O)(=O)C(C)C)nc(-c3ccc(=O)n(C)c3)n2)c(F)c1. The smallest absolute Gasteiger partial charge is 0.327 e. The maximum absolute atomic E-state index is 14.4. The Morgan fingerprint density at radius 1 is 1.13 bits per heavy atom. The Balaban J connectivity index is 2.13. The molecule has 2 heterocycles. The molecule has 0 radical (unpaired) electrons. The number of nitrogens with zero attached hydrogens (tertiary/aromatic N) is 4. The average Bonchev–Trinajstić information content (AvgIpc) is 2.66. The van der Waals surface area contributed by atoms with Crippen molar-refractivity contribution in [1.82, 2.24) is 19.5 Å². The summed E-state index contributed by atoms with van der Waals surface area (Å²) in [6, 6.07) is 5.54. The van der Waals surface area contributed by atoms with Crippen LogP contribution in [0.2, 0.25) is 0 Å². The van der Waals surface area contributed by atoms with Crippen LogP contribution in [0.5, 0.6) is 11.8 Å². The van der Waals surface area contributed by atoms with Crippen molar-refractivity contribution in [1.29, 1.82) is 0 Å². The molecule has 0 unspecified atom stereocenters. The van der Waals surface area contributed by atoms with Crippen LogP contribution in [0.3, 0.4) is 0 Å². The van der Waals surface area contributed by atoms with Gasteiger partial charge < -0.3 is 9.30 Å². The number of aromatic nitrogens is 4. The van der Waals surface area contributed by atoms with E-state index in [4.69, 9.17) is 4.74 Å². The van der Waals surface area contributed by atoms with Gasteiger partial charge in [-0.05, 0) is 51.0 Å². The molecule has 0 aliphatic carbocycles. The zero-order valence-corrected chi connectivity index (χ0v) is 18.5. The van der Waals surface area contributed by atoms with E-state index in [-0.39, 0.29) is 29.1 Å². The van der Waals surface area contributed by atoms with Gasteiger partial charge >= 0.3 is 6.01 Å². The van der Waals surface area contributed by atoms with Gasteiger partial charge in [-0.25, -0.2) is 12.8 Å². The number of hydrogen-bond acceptors (Lipinski definition) is 7. The molecule has 2 aromatic heterocycles. The van der Waals surface area contributed by atoms with Crippen molar-refractivity contribution >= 4 is 16.0 Å². The van der Waals surface area contributed by atoms with E-state index >= 15 is 0 Å². The van der Waals surface area contributed by atoms with Gasteiger partial charge in [-0.3, -0.25) is 9.52 Å². The van der Waals surface area contributed by atoms with E-state index < -0.39 is 21.1 Å². The quantitative estimate of drug-likeness (QED) is 0.617. The summed E-state index contributed by atoms with van der Waals surface area (Å²) in [7, 11) is -2.21. The summed E-state index contributed by atoms with van der Waals surface area (Å²) in [6.07, 6.45) is 1.49. The fraction of sp³-hybridized carbons (Fsp3) is 0.300. The molecule has 1 N–H and O–H groups in total. The molecular weight excluding hydrogens is 425 g/mol. The van der Waals surface area contributed by atoms with Crippen molar-refractivity contribution in [3.8, 4) is 23.1 Å².